The maximum Gasteiger partial charge on any atom is 0.411 e. The van der Waals surface area contributed by atoms with Crippen molar-refractivity contribution in [1.29, 1.82) is 5.41 Å². The van der Waals surface area contributed by atoms with Gasteiger partial charge in [0, 0.05) is 35.3 Å². The van der Waals surface area contributed by atoms with Gasteiger partial charge in [0.15, 0.2) is 5.78 Å². The van der Waals surface area contributed by atoms with Crippen LogP contribution in [0, 0.1) is 5.41 Å². The van der Waals surface area contributed by atoms with Gasteiger partial charge in [0.25, 0.3) is 0 Å². The Morgan fingerprint density at radius 1 is 1.03 bits per heavy atom. The van der Waals surface area contributed by atoms with Crippen LogP contribution < -0.4 is 9.64 Å². The number of amides is 1. The van der Waals surface area contributed by atoms with E-state index in [1.54, 1.807) is 36.1 Å². The van der Waals surface area contributed by atoms with Crippen LogP contribution in [0.3, 0.4) is 0 Å². The molecule has 0 saturated carbocycles. The van der Waals surface area contributed by atoms with E-state index in [4.69, 9.17) is 10.1 Å². The van der Waals surface area contributed by atoms with Gasteiger partial charge in [0.2, 0.25) is 0 Å². The van der Waals surface area contributed by atoms with Gasteiger partial charge in [-0.2, -0.15) is 0 Å². The molecule has 1 amide bonds. The molecular weight excluding hydrogens is 470 g/mol. The van der Waals surface area contributed by atoms with Crippen molar-refractivity contribution in [2.24, 2.45) is 0 Å². The van der Waals surface area contributed by atoms with Crippen molar-refractivity contribution >= 4 is 23.4 Å². The van der Waals surface area contributed by atoms with Gasteiger partial charge in [-0.15, -0.1) is 0 Å². The van der Waals surface area contributed by atoms with E-state index in [2.05, 4.69) is 0 Å². The van der Waals surface area contributed by atoms with Crippen LogP contribution in [0.15, 0.2) is 24.3 Å². The fraction of sp³-hybridized carbons (Fsp3) is 0.483. The lowest BCUT2D eigenvalue weighted by Gasteiger charge is -2.28. The number of ketones is 1. The van der Waals surface area contributed by atoms with Crippen molar-refractivity contribution in [2.75, 3.05) is 24.6 Å². The molecule has 0 aromatic heterocycles. The predicted molar refractivity (Wildman–Crippen MR) is 146 cm³/mol. The molecule has 0 fully saturated rings. The van der Waals surface area contributed by atoms with Crippen molar-refractivity contribution in [3.8, 4) is 11.5 Å². The Labute approximate surface area is 219 Å². The summed E-state index contributed by atoms with van der Waals surface area (Å²) >= 11 is 0. The zero-order chi connectivity index (χ0) is 27.9. The summed E-state index contributed by atoms with van der Waals surface area (Å²) in [6.07, 6.45) is -1.10. The highest BCUT2D eigenvalue weighted by Crippen LogP contribution is 2.40. The number of carboxylic acid groups (broad SMARTS) is 1. The molecule has 8 heteroatoms. The quantitative estimate of drug-likeness (QED) is 0.400. The Balaban J connectivity index is 1.97. The summed E-state index contributed by atoms with van der Waals surface area (Å²) in [6, 6.07) is 6.96. The van der Waals surface area contributed by atoms with Crippen LogP contribution in [0.1, 0.15) is 88.0 Å². The van der Waals surface area contributed by atoms with Crippen LogP contribution in [-0.2, 0) is 17.4 Å². The summed E-state index contributed by atoms with van der Waals surface area (Å²) in [5.74, 6) is 0.668. The molecule has 0 aliphatic carbocycles. The Hall–Kier alpha value is -3.55. The number of nitrogens with zero attached hydrogens (tertiary/aromatic N) is 2. The minimum atomic E-state index is -1.10. The number of fused-ring (bicyclic) bond motifs is 1. The first-order valence-electron chi connectivity index (χ1n) is 12.6. The van der Waals surface area contributed by atoms with E-state index < -0.39 is 6.09 Å². The number of hydrogen-bond donors (Lipinski definition) is 3. The summed E-state index contributed by atoms with van der Waals surface area (Å²) in [7, 11) is 0. The number of carbonyl (C=O) groups excluding carboxylic acids is 1. The van der Waals surface area contributed by atoms with Gasteiger partial charge in [0.05, 0.1) is 18.8 Å². The van der Waals surface area contributed by atoms with Crippen LogP contribution >= 0.6 is 0 Å². The molecule has 3 rings (SSSR count). The molecular formula is C29H39N3O5. The third kappa shape index (κ3) is 5.58. The predicted octanol–water partition coefficient (Wildman–Crippen LogP) is 5.91. The lowest BCUT2D eigenvalue weighted by Crippen LogP contribution is -2.31. The first-order valence-corrected chi connectivity index (χ1v) is 12.6. The summed E-state index contributed by atoms with van der Waals surface area (Å²) in [5, 5.41) is 29.4. The largest absolute Gasteiger partial charge is 0.507 e. The molecule has 1 aliphatic rings. The number of phenolic OH excluding ortho intramolecular Hbond substituents is 1. The number of rotatable bonds is 7. The number of ether oxygens (including phenoxy) is 1. The molecule has 2 aromatic carbocycles. The second kappa shape index (κ2) is 10.1. The highest BCUT2D eigenvalue weighted by Gasteiger charge is 2.32. The third-order valence-corrected chi connectivity index (χ3v) is 6.64. The smallest absolute Gasteiger partial charge is 0.411 e. The van der Waals surface area contributed by atoms with Crippen molar-refractivity contribution in [3.05, 3.63) is 52.1 Å². The fourth-order valence-corrected chi connectivity index (χ4v) is 4.65. The van der Waals surface area contributed by atoms with E-state index in [9.17, 15) is 19.8 Å². The van der Waals surface area contributed by atoms with Gasteiger partial charge < -0.3 is 19.8 Å². The number of amidine groups is 1. The SMILES string of the molecule is CCOc1cc2c(cc1N(CC)C(=O)O)C(=N)N(CC(=O)c1cc(C(C)(C)C)c(O)c(C(C)(C)C)c1)C2. The van der Waals surface area contributed by atoms with E-state index in [-0.39, 0.29) is 41.3 Å². The van der Waals surface area contributed by atoms with Crippen molar-refractivity contribution in [1.82, 2.24) is 4.90 Å². The van der Waals surface area contributed by atoms with Gasteiger partial charge in [-0.25, -0.2) is 4.79 Å². The molecule has 0 radical (unpaired) electrons. The first-order chi connectivity index (χ1) is 17.1. The number of carbonyl (C=O) groups is 2. The number of nitrogens with one attached hydrogen (secondary N) is 1. The average molecular weight is 510 g/mol. The van der Waals surface area contributed by atoms with Gasteiger partial charge in [-0.1, -0.05) is 41.5 Å². The van der Waals surface area contributed by atoms with E-state index >= 15 is 0 Å². The zero-order valence-electron chi connectivity index (χ0n) is 23.2. The number of aromatic hydroxyl groups is 1. The number of anilines is 1. The molecule has 37 heavy (non-hydrogen) atoms. The van der Waals surface area contributed by atoms with E-state index in [1.165, 1.54) is 4.90 Å². The second-order valence-corrected chi connectivity index (χ2v) is 11.5. The minimum Gasteiger partial charge on any atom is -0.507 e. The Kier molecular flexibility index (Phi) is 7.63. The topological polar surface area (TPSA) is 114 Å². The Morgan fingerprint density at radius 3 is 2.05 bits per heavy atom. The van der Waals surface area contributed by atoms with Gasteiger partial charge >= 0.3 is 6.09 Å². The number of Topliss-reactive ketones (excluding diaryl/α,β-unsaturated/α-hetero) is 1. The highest BCUT2D eigenvalue weighted by molar-refractivity contribution is 6.06. The van der Waals surface area contributed by atoms with Crippen LogP contribution in [0.4, 0.5) is 10.5 Å². The lowest BCUT2D eigenvalue weighted by molar-refractivity contribution is 0.0962. The normalized spacial score (nSPS) is 13.5. The monoisotopic (exact) mass is 509 g/mol. The molecule has 8 nitrogen and oxygen atoms in total. The van der Waals surface area contributed by atoms with Gasteiger partial charge in [0.1, 0.15) is 17.3 Å². The lowest BCUT2D eigenvalue weighted by atomic mass is 9.78. The summed E-state index contributed by atoms with van der Waals surface area (Å²) < 4.78 is 5.73. The molecule has 0 unspecified atom stereocenters. The molecule has 1 heterocycles. The zero-order valence-corrected chi connectivity index (χ0v) is 23.2. The Bertz CT molecular complexity index is 1200. The molecule has 2 aromatic rings. The average Bonchev–Trinajstić information content (AvgIpc) is 3.07. The van der Waals surface area contributed by atoms with Crippen LogP contribution in [0.5, 0.6) is 11.5 Å². The molecule has 200 valence electrons. The number of phenols is 1. The molecule has 0 spiro atoms. The molecule has 0 saturated heterocycles. The molecule has 0 bridgehead atoms. The van der Waals surface area contributed by atoms with Crippen LogP contribution in [0.2, 0.25) is 0 Å². The van der Waals surface area contributed by atoms with E-state index in [1.807, 2.05) is 48.5 Å². The molecule has 0 atom stereocenters. The maximum absolute atomic E-state index is 13.5. The Morgan fingerprint density at radius 2 is 1.59 bits per heavy atom. The first kappa shape index (κ1) is 28.0. The maximum atomic E-state index is 13.5. The second-order valence-electron chi connectivity index (χ2n) is 11.5. The minimum absolute atomic E-state index is 0.0127. The third-order valence-electron chi connectivity index (χ3n) is 6.64. The van der Waals surface area contributed by atoms with Crippen LogP contribution in [-0.4, -0.2) is 52.5 Å². The highest BCUT2D eigenvalue weighted by atomic mass is 16.5. The van der Waals surface area contributed by atoms with Crippen molar-refractivity contribution < 1.29 is 24.5 Å². The van der Waals surface area contributed by atoms with E-state index in [0.29, 0.717) is 46.8 Å². The van der Waals surface area contributed by atoms with Crippen molar-refractivity contribution in [3.63, 3.8) is 0 Å². The number of benzene rings is 2. The summed E-state index contributed by atoms with van der Waals surface area (Å²) in [4.78, 5) is 28.2. The molecule has 3 N–H and O–H groups in total. The van der Waals surface area contributed by atoms with Gasteiger partial charge in [-0.3, -0.25) is 15.1 Å². The number of hydrogen-bond acceptors (Lipinski definition) is 5. The van der Waals surface area contributed by atoms with Crippen LogP contribution in [0.25, 0.3) is 0 Å². The van der Waals surface area contributed by atoms with Gasteiger partial charge in [-0.05, 0) is 54.5 Å². The molecule has 1 aliphatic heterocycles. The van der Waals surface area contributed by atoms with E-state index in [0.717, 1.165) is 5.56 Å². The fourth-order valence-electron chi connectivity index (χ4n) is 4.65. The summed E-state index contributed by atoms with van der Waals surface area (Å²) in [5.41, 5.74) is 2.97. The summed E-state index contributed by atoms with van der Waals surface area (Å²) in [6.45, 7) is 16.5. The standard InChI is InChI=1S/C29H39N3O5/c1-9-32(27(35)36)22-14-19-18(13-24(22)37-10-2)15-31(26(19)30)16-23(33)17-11-20(28(3,4)5)25(34)21(12-17)29(6,7)8/h11-14,30,34H,9-10,15-16H2,1-8H3,(H,35,36). The van der Waals surface area contributed by atoms with Crippen molar-refractivity contribution in [2.45, 2.75) is 72.8 Å².